The van der Waals surface area contributed by atoms with Crippen LogP contribution in [0.15, 0.2) is 48.9 Å². The number of halogens is 1. The summed E-state index contributed by atoms with van der Waals surface area (Å²) in [7, 11) is 0. The van der Waals surface area contributed by atoms with Gasteiger partial charge in [0.05, 0.1) is 10.5 Å². The maximum atomic E-state index is 6.20. The average Bonchev–Trinajstić information content (AvgIpc) is 2.86. The molecule has 0 amide bonds. The first-order chi connectivity index (χ1) is 9.79. The normalized spacial score (nSPS) is 11.1. The second-order valence-corrected chi connectivity index (χ2v) is 5.21. The van der Waals surface area contributed by atoms with Crippen molar-refractivity contribution in [2.75, 3.05) is 6.54 Å². The summed E-state index contributed by atoms with van der Waals surface area (Å²) in [6, 6.07) is 10.4. The van der Waals surface area contributed by atoms with E-state index >= 15 is 0 Å². The number of rotatable bonds is 4. The van der Waals surface area contributed by atoms with E-state index in [0.29, 0.717) is 11.6 Å². The van der Waals surface area contributed by atoms with E-state index in [9.17, 15) is 0 Å². The SMILES string of the molecule is NCCc1cccc2ccn(Cc3ccncc3Cl)c12. The maximum Gasteiger partial charge on any atom is 0.0639 e. The Morgan fingerprint density at radius 2 is 2.05 bits per heavy atom. The number of fused-ring (bicyclic) bond motifs is 1. The minimum absolute atomic E-state index is 0.653. The zero-order valence-corrected chi connectivity index (χ0v) is 11.8. The summed E-state index contributed by atoms with van der Waals surface area (Å²) in [6.07, 6.45) is 6.43. The summed E-state index contributed by atoms with van der Waals surface area (Å²) >= 11 is 6.20. The van der Waals surface area contributed by atoms with E-state index in [1.54, 1.807) is 12.4 Å². The monoisotopic (exact) mass is 285 g/mol. The Hall–Kier alpha value is -1.84. The first kappa shape index (κ1) is 13.2. The van der Waals surface area contributed by atoms with Crippen molar-refractivity contribution in [3.05, 3.63) is 65.1 Å². The molecule has 3 rings (SSSR count). The molecule has 2 aromatic heterocycles. The van der Waals surface area contributed by atoms with Crippen molar-refractivity contribution in [2.24, 2.45) is 5.73 Å². The van der Waals surface area contributed by atoms with Crippen LogP contribution in [-0.2, 0) is 13.0 Å². The number of aromatic nitrogens is 2. The molecule has 2 heterocycles. The van der Waals surface area contributed by atoms with Crippen LogP contribution in [0.1, 0.15) is 11.1 Å². The van der Waals surface area contributed by atoms with Crippen LogP contribution in [0.5, 0.6) is 0 Å². The lowest BCUT2D eigenvalue weighted by atomic mass is 10.1. The summed E-state index contributed by atoms with van der Waals surface area (Å²) in [5.41, 5.74) is 9.30. The fraction of sp³-hybridized carbons (Fsp3) is 0.188. The molecule has 2 N–H and O–H groups in total. The van der Waals surface area contributed by atoms with Crippen molar-refractivity contribution < 1.29 is 0 Å². The van der Waals surface area contributed by atoms with Gasteiger partial charge in [0.25, 0.3) is 0 Å². The maximum absolute atomic E-state index is 6.20. The minimum Gasteiger partial charge on any atom is -0.343 e. The third kappa shape index (κ3) is 2.42. The molecule has 0 aliphatic heterocycles. The van der Waals surface area contributed by atoms with Gasteiger partial charge in [-0.1, -0.05) is 29.8 Å². The Kier molecular flexibility index (Phi) is 3.72. The Bertz CT molecular complexity index is 733. The van der Waals surface area contributed by atoms with Gasteiger partial charge in [0, 0.05) is 25.1 Å². The van der Waals surface area contributed by atoms with Crippen LogP contribution in [0.2, 0.25) is 5.02 Å². The Balaban J connectivity index is 2.06. The van der Waals surface area contributed by atoms with E-state index < -0.39 is 0 Å². The van der Waals surface area contributed by atoms with E-state index in [0.717, 1.165) is 18.5 Å². The highest BCUT2D eigenvalue weighted by molar-refractivity contribution is 6.31. The molecule has 4 heteroatoms. The quantitative estimate of drug-likeness (QED) is 0.800. The van der Waals surface area contributed by atoms with Crippen LogP contribution >= 0.6 is 11.6 Å². The van der Waals surface area contributed by atoms with Gasteiger partial charge in [0.15, 0.2) is 0 Å². The molecule has 0 bridgehead atoms. The number of hydrogen-bond acceptors (Lipinski definition) is 2. The number of nitrogens with two attached hydrogens (primary N) is 1. The zero-order valence-electron chi connectivity index (χ0n) is 11.1. The van der Waals surface area contributed by atoms with Gasteiger partial charge >= 0.3 is 0 Å². The molecule has 0 atom stereocenters. The number of hydrogen-bond donors (Lipinski definition) is 1. The predicted molar refractivity (Wildman–Crippen MR) is 83.0 cm³/mol. The zero-order chi connectivity index (χ0) is 13.9. The molecule has 0 aliphatic rings. The lowest BCUT2D eigenvalue weighted by Crippen LogP contribution is -2.06. The molecule has 1 aromatic carbocycles. The van der Waals surface area contributed by atoms with Gasteiger partial charge in [-0.25, -0.2) is 0 Å². The molecule has 0 saturated heterocycles. The number of para-hydroxylation sites is 1. The summed E-state index contributed by atoms with van der Waals surface area (Å²) in [6.45, 7) is 1.40. The minimum atomic E-state index is 0.653. The van der Waals surface area contributed by atoms with Crippen LogP contribution in [0.25, 0.3) is 10.9 Å². The first-order valence-corrected chi connectivity index (χ1v) is 7.02. The largest absolute Gasteiger partial charge is 0.343 e. The predicted octanol–water partition coefficient (Wildman–Crippen LogP) is 3.24. The standard InChI is InChI=1S/C16H16ClN3/c17-15-10-19-8-5-14(15)11-20-9-6-13-3-1-2-12(4-7-18)16(13)20/h1-3,5-6,8-10H,4,7,11,18H2. The lowest BCUT2D eigenvalue weighted by Gasteiger charge is -2.10. The van der Waals surface area contributed by atoms with E-state index in [2.05, 4.69) is 40.0 Å². The van der Waals surface area contributed by atoms with Crippen LogP contribution in [0.3, 0.4) is 0 Å². The molecule has 0 spiro atoms. The average molecular weight is 286 g/mol. The van der Waals surface area contributed by atoms with Gasteiger partial charge in [0.1, 0.15) is 0 Å². The van der Waals surface area contributed by atoms with Crippen LogP contribution < -0.4 is 5.73 Å². The van der Waals surface area contributed by atoms with Crippen molar-refractivity contribution >= 4 is 22.5 Å². The van der Waals surface area contributed by atoms with Crippen molar-refractivity contribution in [3.63, 3.8) is 0 Å². The van der Waals surface area contributed by atoms with Crippen molar-refractivity contribution in [1.29, 1.82) is 0 Å². The van der Waals surface area contributed by atoms with Crippen molar-refractivity contribution in [1.82, 2.24) is 9.55 Å². The van der Waals surface area contributed by atoms with Gasteiger partial charge in [-0.3, -0.25) is 4.98 Å². The van der Waals surface area contributed by atoms with E-state index in [4.69, 9.17) is 17.3 Å². The summed E-state index contributed by atoms with van der Waals surface area (Å²) in [4.78, 5) is 4.03. The molecule has 0 aliphatic carbocycles. The number of nitrogens with zero attached hydrogens (tertiary/aromatic N) is 2. The lowest BCUT2D eigenvalue weighted by molar-refractivity contribution is 0.826. The Morgan fingerprint density at radius 1 is 1.15 bits per heavy atom. The first-order valence-electron chi connectivity index (χ1n) is 6.65. The highest BCUT2D eigenvalue weighted by Gasteiger charge is 2.08. The fourth-order valence-corrected chi connectivity index (χ4v) is 2.72. The van der Waals surface area contributed by atoms with Gasteiger partial charge in [-0.05, 0) is 41.6 Å². The summed E-state index contributed by atoms with van der Waals surface area (Å²) < 4.78 is 2.22. The molecule has 0 fully saturated rings. The van der Waals surface area contributed by atoms with Crippen molar-refractivity contribution in [3.8, 4) is 0 Å². The molecular weight excluding hydrogens is 270 g/mol. The number of benzene rings is 1. The Morgan fingerprint density at radius 3 is 2.85 bits per heavy atom. The van der Waals surface area contributed by atoms with Crippen LogP contribution in [-0.4, -0.2) is 16.1 Å². The van der Waals surface area contributed by atoms with Crippen LogP contribution in [0, 0.1) is 0 Å². The molecule has 0 saturated carbocycles. The third-order valence-corrected chi connectivity index (χ3v) is 3.82. The molecule has 102 valence electrons. The molecule has 3 aromatic rings. The van der Waals surface area contributed by atoms with Crippen LogP contribution in [0.4, 0.5) is 0 Å². The fourth-order valence-electron chi connectivity index (χ4n) is 2.55. The summed E-state index contributed by atoms with van der Waals surface area (Å²) in [5.74, 6) is 0. The topological polar surface area (TPSA) is 43.8 Å². The molecule has 0 radical (unpaired) electrons. The van der Waals surface area contributed by atoms with E-state index in [-0.39, 0.29) is 0 Å². The highest BCUT2D eigenvalue weighted by Crippen LogP contribution is 2.23. The van der Waals surface area contributed by atoms with Gasteiger partial charge in [-0.2, -0.15) is 0 Å². The van der Waals surface area contributed by atoms with E-state index in [1.165, 1.54) is 16.5 Å². The Labute approximate surface area is 123 Å². The molecule has 3 nitrogen and oxygen atoms in total. The van der Waals surface area contributed by atoms with Gasteiger partial charge < -0.3 is 10.3 Å². The van der Waals surface area contributed by atoms with E-state index in [1.807, 2.05) is 6.07 Å². The smallest absolute Gasteiger partial charge is 0.0639 e. The molecule has 20 heavy (non-hydrogen) atoms. The molecular formula is C16H16ClN3. The highest BCUT2D eigenvalue weighted by atomic mass is 35.5. The molecule has 0 unspecified atom stereocenters. The second-order valence-electron chi connectivity index (χ2n) is 4.80. The summed E-state index contributed by atoms with van der Waals surface area (Å²) in [5, 5.41) is 1.94. The van der Waals surface area contributed by atoms with Crippen molar-refractivity contribution in [2.45, 2.75) is 13.0 Å². The number of pyridine rings is 1. The third-order valence-electron chi connectivity index (χ3n) is 3.48. The van der Waals surface area contributed by atoms with Gasteiger partial charge in [0.2, 0.25) is 0 Å². The van der Waals surface area contributed by atoms with Gasteiger partial charge in [-0.15, -0.1) is 0 Å². The second kappa shape index (κ2) is 5.65.